The lowest BCUT2D eigenvalue weighted by Gasteiger charge is -2.37. The molecule has 1 saturated carbocycles. The van der Waals surface area contributed by atoms with Gasteiger partial charge in [-0.15, -0.1) is 5.10 Å². The summed E-state index contributed by atoms with van der Waals surface area (Å²) in [6.07, 6.45) is 4.30. The molecule has 1 aromatic heterocycles. The number of hydrogen-bond donors (Lipinski definition) is 1. The van der Waals surface area contributed by atoms with Gasteiger partial charge in [-0.25, -0.2) is 0 Å². The maximum absolute atomic E-state index is 6.17. The molecule has 0 radical (unpaired) electrons. The van der Waals surface area contributed by atoms with Crippen LogP contribution in [-0.4, -0.2) is 29.3 Å². The molecule has 2 aliphatic rings. The van der Waals surface area contributed by atoms with Gasteiger partial charge < -0.3 is 10.6 Å². The van der Waals surface area contributed by atoms with E-state index < -0.39 is 0 Å². The summed E-state index contributed by atoms with van der Waals surface area (Å²) in [5.74, 6) is 1.26. The monoisotopic (exact) mass is 238 g/mol. The number of fused-ring (bicyclic) bond motifs is 2. The number of halogens is 1. The van der Waals surface area contributed by atoms with Crippen LogP contribution in [0.1, 0.15) is 12.8 Å². The third-order valence-corrected chi connectivity index (χ3v) is 4.07. The average Bonchev–Trinajstić information content (AvgIpc) is 2.53. The fourth-order valence-corrected chi connectivity index (χ4v) is 3.14. The van der Waals surface area contributed by atoms with Crippen LogP contribution < -0.4 is 10.6 Å². The van der Waals surface area contributed by atoms with Crippen molar-refractivity contribution in [2.75, 3.05) is 18.0 Å². The molecule has 0 amide bonds. The Labute approximate surface area is 99.8 Å². The molecule has 16 heavy (non-hydrogen) atoms. The molecule has 1 saturated heterocycles. The van der Waals surface area contributed by atoms with Crippen LogP contribution in [0.2, 0.25) is 5.15 Å². The van der Waals surface area contributed by atoms with Gasteiger partial charge in [0.05, 0.1) is 11.9 Å². The molecule has 0 aromatic carbocycles. The SMILES string of the molecule is N[C@@H]1C2CC[C@H]1CN(c1cnnc(Cl)c1)C2. The maximum atomic E-state index is 6.17. The van der Waals surface area contributed by atoms with E-state index in [1.807, 2.05) is 6.07 Å². The Kier molecular flexibility index (Phi) is 2.48. The largest absolute Gasteiger partial charge is 0.369 e. The first-order valence-electron chi connectivity index (χ1n) is 5.73. The smallest absolute Gasteiger partial charge is 0.153 e. The van der Waals surface area contributed by atoms with Gasteiger partial charge in [0.15, 0.2) is 5.15 Å². The second-order valence-corrected chi connectivity index (χ2v) is 5.20. The highest BCUT2D eigenvalue weighted by Gasteiger charge is 2.39. The standard InChI is InChI=1S/C11H15ClN4/c12-10-3-9(4-14-15-10)16-5-7-1-2-8(6-16)11(7)13/h3-4,7-8,11H,1-2,5-6,13H2/t7-,8?,11-/m0/s1. The van der Waals surface area contributed by atoms with Crippen LogP contribution in [0.3, 0.4) is 0 Å². The van der Waals surface area contributed by atoms with E-state index in [1.165, 1.54) is 12.8 Å². The number of aromatic nitrogens is 2. The highest BCUT2D eigenvalue weighted by molar-refractivity contribution is 6.29. The van der Waals surface area contributed by atoms with Crippen LogP contribution >= 0.6 is 11.6 Å². The number of piperidine rings is 1. The molecule has 86 valence electrons. The Morgan fingerprint density at radius 1 is 1.31 bits per heavy atom. The van der Waals surface area contributed by atoms with Crippen LogP contribution in [0.5, 0.6) is 0 Å². The van der Waals surface area contributed by atoms with E-state index >= 15 is 0 Å². The van der Waals surface area contributed by atoms with Crippen molar-refractivity contribution >= 4 is 17.3 Å². The van der Waals surface area contributed by atoms with Crippen LogP contribution in [0.4, 0.5) is 5.69 Å². The second-order valence-electron chi connectivity index (χ2n) is 4.82. The molecule has 1 aliphatic heterocycles. The first-order valence-corrected chi connectivity index (χ1v) is 6.10. The third-order valence-electron chi connectivity index (χ3n) is 3.88. The molecule has 1 aliphatic carbocycles. The van der Waals surface area contributed by atoms with Gasteiger partial charge in [-0.3, -0.25) is 0 Å². The quantitative estimate of drug-likeness (QED) is 0.802. The van der Waals surface area contributed by atoms with Crippen molar-refractivity contribution in [1.29, 1.82) is 0 Å². The van der Waals surface area contributed by atoms with Crippen molar-refractivity contribution in [1.82, 2.24) is 10.2 Å². The Bertz CT molecular complexity index is 383. The van der Waals surface area contributed by atoms with Gasteiger partial charge in [-0.1, -0.05) is 11.6 Å². The lowest BCUT2D eigenvalue weighted by Crippen LogP contribution is -2.48. The average molecular weight is 239 g/mol. The molecule has 3 atom stereocenters. The van der Waals surface area contributed by atoms with Gasteiger partial charge in [0.25, 0.3) is 0 Å². The van der Waals surface area contributed by atoms with Crippen LogP contribution in [0.25, 0.3) is 0 Å². The number of rotatable bonds is 1. The molecule has 2 bridgehead atoms. The summed E-state index contributed by atoms with van der Waals surface area (Å²) < 4.78 is 0. The maximum Gasteiger partial charge on any atom is 0.153 e. The van der Waals surface area contributed by atoms with E-state index in [1.54, 1.807) is 6.20 Å². The summed E-state index contributed by atoms with van der Waals surface area (Å²) >= 11 is 5.86. The summed E-state index contributed by atoms with van der Waals surface area (Å²) in [5, 5.41) is 8.12. The zero-order valence-corrected chi connectivity index (χ0v) is 9.77. The topological polar surface area (TPSA) is 55.0 Å². The Hall–Kier alpha value is -0.870. The van der Waals surface area contributed by atoms with E-state index in [2.05, 4.69) is 15.1 Å². The lowest BCUT2D eigenvalue weighted by molar-refractivity contribution is 0.356. The lowest BCUT2D eigenvalue weighted by atomic mass is 9.93. The minimum absolute atomic E-state index is 0.390. The normalized spacial score (nSPS) is 33.1. The van der Waals surface area contributed by atoms with Gasteiger partial charge in [0.2, 0.25) is 0 Å². The number of nitrogens with zero attached hydrogens (tertiary/aromatic N) is 3. The Balaban J connectivity index is 1.83. The molecule has 2 N–H and O–H groups in total. The van der Waals surface area contributed by atoms with E-state index in [9.17, 15) is 0 Å². The van der Waals surface area contributed by atoms with Gasteiger partial charge in [0, 0.05) is 25.2 Å². The summed E-state index contributed by atoms with van der Waals surface area (Å²) in [6, 6.07) is 2.27. The summed E-state index contributed by atoms with van der Waals surface area (Å²) in [4.78, 5) is 2.34. The van der Waals surface area contributed by atoms with Crippen molar-refractivity contribution in [3.63, 3.8) is 0 Å². The van der Waals surface area contributed by atoms with Gasteiger partial charge >= 0.3 is 0 Å². The molecule has 2 heterocycles. The number of anilines is 1. The highest BCUT2D eigenvalue weighted by Crippen LogP contribution is 2.37. The third kappa shape index (κ3) is 1.66. The van der Waals surface area contributed by atoms with Crippen molar-refractivity contribution in [3.05, 3.63) is 17.4 Å². The fourth-order valence-electron chi connectivity index (χ4n) is 2.98. The highest BCUT2D eigenvalue weighted by atomic mass is 35.5. The molecule has 0 spiro atoms. The van der Waals surface area contributed by atoms with E-state index in [0.717, 1.165) is 18.8 Å². The first-order chi connectivity index (χ1) is 7.74. The van der Waals surface area contributed by atoms with Crippen LogP contribution in [0.15, 0.2) is 12.3 Å². The second kappa shape index (κ2) is 3.86. The fraction of sp³-hybridized carbons (Fsp3) is 0.636. The van der Waals surface area contributed by atoms with Crippen LogP contribution in [0, 0.1) is 11.8 Å². The number of hydrogen-bond acceptors (Lipinski definition) is 4. The molecular weight excluding hydrogens is 224 g/mol. The molecule has 1 unspecified atom stereocenters. The molecule has 2 fully saturated rings. The number of nitrogens with two attached hydrogens (primary N) is 1. The van der Waals surface area contributed by atoms with E-state index in [4.69, 9.17) is 17.3 Å². The van der Waals surface area contributed by atoms with Crippen molar-refractivity contribution in [3.8, 4) is 0 Å². The zero-order chi connectivity index (χ0) is 11.1. The molecule has 4 nitrogen and oxygen atoms in total. The molecule has 1 aromatic rings. The minimum atomic E-state index is 0.390. The van der Waals surface area contributed by atoms with E-state index in [0.29, 0.717) is 23.0 Å². The molecule has 5 heteroatoms. The Morgan fingerprint density at radius 3 is 2.62 bits per heavy atom. The van der Waals surface area contributed by atoms with Crippen molar-refractivity contribution < 1.29 is 0 Å². The summed E-state index contributed by atoms with van der Waals surface area (Å²) in [5.41, 5.74) is 7.25. The van der Waals surface area contributed by atoms with Gasteiger partial charge in [-0.2, -0.15) is 5.10 Å². The summed E-state index contributed by atoms with van der Waals surface area (Å²) in [6.45, 7) is 2.05. The van der Waals surface area contributed by atoms with Crippen molar-refractivity contribution in [2.45, 2.75) is 18.9 Å². The van der Waals surface area contributed by atoms with Gasteiger partial charge in [-0.05, 0) is 24.7 Å². The van der Waals surface area contributed by atoms with Crippen molar-refractivity contribution in [2.24, 2.45) is 17.6 Å². The minimum Gasteiger partial charge on any atom is -0.369 e. The Morgan fingerprint density at radius 2 is 2.00 bits per heavy atom. The van der Waals surface area contributed by atoms with Gasteiger partial charge in [0.1, 0.15) is 0 Å². The molecular formula is C11H15ClN4. The zero-order valence-electron chi connectivity index (χ0n) is 9.01. The summed E-state index contributed by atoms with van der Waals surface area (Å²) in [7, 11) is 0. The van der Waals surface area contributed by atoms with E-state index in [-0.39, 0.29) is 0 Å². The predicted molar refractivity (Wildman–Crippen MR) is 63.4 cm³/mol. The first kappa shape index (κ1) is 10.3. The predicted octanol–water partition coefficient (Wildman–Crippen LogP) is 1.30. The molecule has 3 rings (SSSR count). The van der Waals surface area contributed by atoms with Crippen LogP contribution in [-0.2, 0) is 0 Å².